The maximum absolute atomic E-state index is 12.9. The van der Waals surface area contributed by atoms with E-state index in [-0.39, 0.29) is 12.5 Å². The third-order valence-corrected chi connectivity index (χ3v) is 11.5. The first-order valence-electron chi connectivity index (χ1n) is 24.0. The van der Waals surface area contributed by atoms with Gasteiger partial charge in [-0.2, -0.15) is 0 Å². The Hall–Kier alpha value is -1.54. The molecule has 0 saturated heterocycles. The molecule has 0 aliphatic rings. The molecule has 9 heteroatoms. The Morgan fingerprint density at radius 1 is 0.586 bits per heavy atom. The number of likely N-dealkylation sites (N-methyl/N-ethyl adjacent to an activating group) is 1. The number of hydrogen-bond acceptors (Lipinski definition) is 6. The number of quaternary nitrogens is 1. The summed E-state index contributed by atoms with van der Waals surface area (Å²) in [5.41, 5.74) is 0. The van der Waals surface area contributed by atoms with Gasteiger partial charge in [0, 0.05) is 6.42 Å². The average Bonchev–Trinajstić information content (AvgIpc) is 3.17. The predicted molar refractivity (Wildman–Crippen MR) is 247 cm³/mol. The van der Waals surface area contributed by atoms with Crippen molar-refractivity contribution in [2.24, 2.45) is 0 Å². The summed E-state index contributed by atoms with van der Waals surface area (Å²) in [5, 5.41) is 13.8. The molecular weight excluding hydrogens is 744 g/mol. The largest absolute Gasteiger partial charge is 0.756 e. The molecule has 0 aromatic rings. The van der Waals surface area contributed by atoms with Crippen molar-refractivity contribution < 1.29 is 32.9 Å². The second-order valence-electron chi connectivity index (χ2n) is 17.4. The highest BCUT2D eigenvalue weighted by Crippen LogP contribution is 2.38. The summed E-state index contributed by atoms with van der Waals surface area (Å²) >= 11 is 0. The maximum Gasteiger partial charge on any atom is 0.268 e. The van der Waals surface area contributed by atoms with Crippen LogP contribution in [0.3, 0.4) is 0 Å². The fourth-order valence-corrected chi connectivity index (χ4v) is 7.37. The number of aliphatic hydroxyl groups excluding tert-OH is 1. The zero-order valence-corrected chi connectivity index (χ0v) is 39.4. The van der Waals surface area contributed by atoms with Gasteiger partial charge in [0.1, 0.15) is 13.2 Å². The highest BCUT2D eigenvalue weighted by Gasteiger charge is 2.23. The van der Waals surface area contributed by atoms with Gasteiger partial charge in [-0.05, 0) is 70.6 Å². The van der Waals surface area contributed by atoms with E-state index in [1.807, 2.05) is 27.2 Å². The highest BCUT2D eigenvalue weighted by molar-refractivity contribution is 7.45. The normalized spacial score (nSPS) is 14.7. The van der Waals surface area contributed by atoms with Gasteiger partial charge >= 0.3 is 0 Å². The van der Waals surface area contributed by atoms with E-state index >= 15 is 0 Å². The second-order valence-corrected chi connectivity index (χ2v) is 18.8. The van der Waals surface area contributed by atoms with E-state index in [9.17, 15) is 19.4 Å². The van der Waals surface area contributed by atoms with Gasteiger partial charge in [-0.25, -0.2) is 0 Å². The number of hydrogen-bond donors (Lipinski definition) is 2. The van der Waals surface area contributed by atoms with Crippen LogP contribution in [0.4, 0.5) is 0 Å². The number of nitrogens with zero attached hydrogens (tertiary/aromatic N) is 1. The van der Waals surface area contributed by atoms with Crippen molar-refractivity contribution in [3.05, 3.63) is 48.6 Å². The zero-order valence-electron chi connectivity index (χ0n) is 38.5. The molecule has 0 aromatic heterocycles. The topological polar surface area (TPSA) is 108 Å². The first-order valence-corrected chi connectivity index (χ1v) is 25.5. The van der Waals surface area contributed by atoms with E-state index < -0.39 is 26.6 Å². The minimum atomic E-state index is -4.60. The van der Waals surface area contributed by atoms with Crippen molar-refractivity contribution >= 4 is 13.7 Å². The summed E-state index contributed by atoms with van der Waals surface area (Å²) in [7, 11) is 1.23. The minimum Gasteiger partial charge on any atom is -0.756 e. The van der Waals surface area contributed by atoms with E-state index in [1.165, 1.54) is 141 Å². The van der Waals surface area contributed by atoms with Gasteiger partial charge in [-0.1, -0.05) is 178 Å². The summed E-state index contributed by atoms with van der Waals surface area (Å²) in [5.74, 6) is -0.215. The summed E-state index contributed by atoms with van der Waals surface area (Å²) in [6.07, 6.45) is 51.6. The summed E-state index contributed by atoms with van der Waals surface area (Å²) in [4.78, 5) is 25.3. The quantitative estimate of drug-likeness (QED) is 0.0274. The number of carbonyl (C=O) groups excluding carboxylic acids is 1. The first-order chi connectivity index (χ1) is 28.0. The molecule has 0 saturated carbocycles. The van der Waals surface area contributed by atoms with Crippen molar-refractivity contribution in [3.63, 3.8) is 0 Å². The molecule has 0 aromatic carbocycles. The molecule has 0 heterocycles. The van der Waals surface area contributed by atoms with E-state index in [0.717, 1.165) is 44.9 Å². The number of allylic oxidation sites excluding steroid dienone is 7. The van der Waals surface area contributed by atoms with Gasteiger partial charge in [-0.15, -0.1) is 0 Å². The third kappa shape index (κ3) is 42.6. The predicted octanol–water partition coefficient (Wildman–Crippen LogP) is 13.0. The number of aliphatic hydroxyl groups is 1. The summed E-state index contributed by atoms with van der Waals surface area (Å²) in [6, 6.07) is -0.910. The number of carbonyl (C=O) groups is 1. The molecule has 2 N–H and O–H groups in total. The first kappa shape index (κ1) is 56.5. The standard InChI is InChI=1S/C49H93N2O6P/c1-6-8-10-12-14-16-18-20-22-23-24-25-26-27-29-31-33-35-37-39-41-43-49(53)50-47(46-57-58(54,55)56-45-44-51(3,4)5)48(52)42-40-38-36-34-32-30-28-21-19-17-15-13-11-9-7-2/h19,21,23-24,32,34,40,42,47-48,52H,6-18,20,22,25-31,33,35-39,41,43-46H2,1-5H3,(H-,50,53,54,55)/b21-19+,24-23-,34-32+,42-40+. The van der Waals surface area contributed by atoms with Crippen LogP contribution in [0, 0.1) is 0 Å². The Kier molecular flexibility index (Phi) is 39.8. The van der Waals surface area contributed by atoms with Gasteiger partial charge in [0.2, 0.25) is 5.91 Å². The van der Waals surface area contributed by atoms with Crippen molar-refractivity contribution in [2.75, 3.05) is 40.9 Å². The number of rotatable bonds is 43. The molecule has 3 unspecified atom stereocenters. The van der Waals surface area contributed by atoms with Gasteiger partial charge in [0.05, 0.1) is 39.9 Å². The Labute approximate surface area is 359 Å². The van der Waals surface area contributed by atoms with Crippen molar-refractivity contribution in [1.29, 1.82) is 0 Å². The molecule has 0 rings (SSSR count). The minimum absolute atomic E-state index is 0.0102. The van der Waals surface area contributed by atoms with Gasteiger partial charge in [0.15, 0.2) is 0 Å². The molecule has 3 atom stereocenters. The molecule has 340 valence electrons. The Morgan fingerprint density at radius 2 is 0.966 bits per heavy atom. The van der Waals surface area contributed by atoms with Crippen LogP contribution in [0.1, 0.15) is 206 Å². The molecule has 0 radical (unpaired) electrons. The van der Waals surface area contributed by atoms with E-state index in [2.05, 4.69) is 55.6 Å². The van der Waals surface area contributed by atoms with Gasteiger partial charge < -0.3 is 28.8 Å². The monoisotopic (exact) mass is 837 g/mol. The van der Waals surface area contributed by atoms with Crippen LogP contribution in [0.5, 0.6) is 0 Å². The van der Waals surface area contributed by atoms with E-state index in [4.69, 9.17) is 9.05 Å². The third-order valence-electron chi connectivity index (χ3n) is 10.5. The van der Waals surface area contributed by atoms with Gasteiger partial charge in [-0.3, -0.25) is 9.36 Å². The smallest absolute Gasteiger partial charge is 0.268 e. The average molecular weight is 837 g/mol. The molecular formula is C49H93N2O6P. The van der Waals surface area contributed by atoms with Crippen molar-refractivity contribution in [2.45, 2.75) is 219 Å². The number of nitrogens with one attached hydrogen (secondary N) is 1. The van der Waals surface area contributed by atoms with Crippen LogP contribution in [-0.2, 0) is 18.4 Å². The molecule has 8 nitrogen and oxygen atoms in total. The van der Waals surface area contributed by atoms with Gasteiger partial charge in [0.25, 0.3) is 7.82 Å². The molecule has 1 amide bonds. The Bertz CT molecular complexity index is 1090. The van der Waals surface area contributed by atoms with E-state index in [0.29, 0.717) is 17.4 Å². The van der Waals surface area contributed by atoms with Crippen LogP contribution < -0.4 is 10.2 Å². The maximum atomic E-state index is 12.9. The lowest BCUT2D eigenvalue weighted by molar-refractivity contribution is -0.870. The van der Waals surface area contributed by atoms with Crippen LogP contribution in [0.2, 0.25) is 0 Å². The lowest BCUT2D eigenvalue weighted by atomic mass is 10.0. The van der Waals surface area contributed by atoms with Crippen LogP contribution in [-0.4, -0.2) is 68.5 Å². The van der Waals surface area contributed by atoms with Crippen LogP contribution in [0.15, 0.2) is 48.6 Å². The molecule has 0 aliphatic heterocycles. The number of phosphoric ester groups is 1. The fraction of sp³-hybridized carbons (Fsp3) is 0.816. The van der Waals surface area contributed by atoms with Crippen LogP contribution in [0.25, 0.3) is 0 Å². The lowest BCUT2D eigenvalue weighted by Crippen LogP contribution is -2.45. The lowest BCUT2D eigenvalue weighted by Gasteiger charge is -2.29. The van der Waals surface area contributed by atoms with Crippen LogP contribution >= 0.6 is 7.82 Å². The zero-order chi connectivity index (χ0) is 42.8. The van der Waals surface area contributed by atoms with Crippen molar-refractivity contribution in [3.8, 4) is 0 Å². The molecule has 0 aliphatic carbocycles. The van der Waals surface area contributed by atoms with E-state index in [1.54, 1.807) is 6.08 Å². The molecule has 0 fully saturated rings. The number of phosphoric acid groups is 1. The summed E-state index contributed by atoms with van der Waals surface area (Å²) in [6.45, 7) is 4.60. The second kappa shape index (κ2) is 40.8. The van der Waals surface area contributed by atoms with Crippen molar-refractivity contribution in [1.82, 2.24) is 5.32 Å². The number of unbranched alkanes of at least 4 members (excludes halogenated alkanes) is 24. The highest BCUT2D eigenvalue weighted by atomic mass is 31.2. The molecule has 0 bridgehead atoms. The Morgan fingerprint density at radius 3 is 1.40 bits per heavy atom. The summed E-state index contributed by atoms with van der Waals surface area (Å²) < 4.78 is 23.2. The molecule has 58 heavy (non-hydrogen) atoms. The Balaban J connectivity index is 4.39. The number of amides is 1. The molecule has 0 spiro atoms. The fourth-order valence-electron chi connectivity index (χ4n) is 6.65. The SMILES string of the molecule is CCCCCCC/C=C/CC/C=C/CC/C=C/C(O)C(COP(=O)([O-])OCC[N+](C)(C)C)NC(=O)CCCCCCCCCCC/C=C\CCCCCCCCCC.